The predicted molar refractivity (Wildman–Crippen MR) is 132 cm³/mol. The average molecular weight is 438 g/mol. The minimum atomic E-state index is -0.532. The van der Waals surface area contributed by atoms with E-state index in [4.69, 9.17) is 12.2 Å². The molecule has 0 aliphatic heterocycles. The van der Waals surface area contributed by atoms with Crippen LogP contribution in [0.15, 0.2) is 0 Å². The maximum absolute atomic E-state index is 12.5. The van der Waals surface area contributed by atoms with Crippen molar-refractivity contribution in [3.63, 3.8) is 0 Å². The Bertz CT molecular complexity index is 498. The molecule has 0 spiro atoms. The number of amides is 1. The molecular formula is C20H39NOS4. The summed E-state index contributed by atoms with van der Waals surface area (Å²) in [6, 6.07) is 0. The highest BCUT2D eigenvalue weighted by Crippen LogP contribution is 2.40. The van der Waals surface area contributed by atoms with E-state index in [2.05, 4.69) is 52.1 Å². The van der Waals surface area contributed by atoms with Crippen LogP contribution >= 0.6 is 46.2 Å². The van der Waals surface area contributed by atoms with Gasteiger partial charge in [0, 0.05) is 12.3 Å². The van der Waals surface area contributed by atoms with Crippen molar-refractivity contribution in [3.8, 4) is 0 Å². The number of hydrogen-bond donors (Lipinski definition) is 1. The van der Waals surface area contributed by atoms with Gasteiger partial charge in [0.15, 0.2) is 0 Å². The fraction of sp³-hybridized carbons (Fsp3) is 0.850. The Morgan fingerprint density at radius 2 is 1.73 bits per heavy atom. The summed E-state index contributed by atoms with van der Waals surface area (Å²) < 4.78 is 0.329. The minimum absolute atomic E-state index is 0.0666. The van der Waals surface area contributed by atoms with Crippen molar-refractivity contribution in [3.05, 3.63) is 0 Å². The van der Waals surface area contributed by atoms with E-state index in [-0.39, 0.29) is 21.8 Å². The molecule has 0 heterocycles. The first kappa shape index (κ1) is 26.5. The summed E-state index contributed by atoms with van der Waals surface area (Å²) in [7, 11) is 0.189. The standard InChI is InChI=1S/C20H39NOS4/c1-10-18(2,3)14-19(4,5)15-24-17(23)25-20(6,7)16(22)21-12-11-13-26(8)9/h8,10-15H2,1-7,9H3,(H,21,22). The van der Waals surface area contributed by atoms with Crippen LogP contribution in [-0.4, -0.2) is 44.4 Å². The molecule has 0 radical (unpaired) electrons. The average Bonchev–Trinajstić information content (AvgIpc) is 2.48. The maximum atomic E-state index is 12.5. The van der Waals surface area contributed by atoms with Crippen molar-refractivity contribution in [2.45, 2.75) is 72.5 Å². The summed E-state index contributed by atoms with van der Waals surface area (Å²) in [5, 5.41) is 3.04. The van der Waals surface area contributed by atoms with E-state index < -0.39 is 4.75 Å². The molecule has 0 aromatic rings. The van der Waals surface area contributed by atoms with Gasteiger partial charge in [0.2, 0.25) is 5.91 Å². The van der Waals surface area contributed by atoms with Crippen LogP contribution in [0.4, 0.5) is 0 Å². The van der Waals surface area contributed by atoms with Gasteiger partial charge >= 0.3 is 0 Å². The molecule has 0 bridgehead atoms. The van der Waals surface area contributed by atoms with E-state index in [1.165, 1.54) is 24.6 Å². The van der Waals surface area contributed by atoms with E-state index >= 15 is 0 Å². The number of carbonyl (C=O) groups excluding carboxylic acids is 1. The van der Waals surface area contributed by atoms with Crippen molar-refractivity contribution >= 4 is 61.5 Å². The quantitative estimate of drug-likeness (QED) is 0.307. The molecule has 154 valence electrons. The second-order valence-corrected chi connectivity index (χ2v) is 14.9. The number of thiocarbonyl (C=S) groups is 1. The van der Waals surface area contributed by atoms with Crippen molar-refractivity contribution in [2.75, 3.05) is 24.3 Å². The van der Waals surface area contributed by atoms with Crippen molar-refractivity contribution in [2.24, 2.45) is 10.8 Å². The van der Waals surface area contributed by atoms with Crippen molar-refractivity contribution in [1.29, 1.82) is 0 Å². The predicted octanol–water partition coefficient (Wildman–Crippen LogP) is 6.21. The summed E-state index contributed by atoms with van der Waals surface area (Å²) in [5.74, 6) is 6.12. The molecule has 6 heteroatoms. The van der Waals surface area contributed by atoms with Gasteiger partial charge in [-0.2, -0.15) is 10.5 Å². The lowest BCUT2D eigenvalue weighted by atomic mass is 9.75. The third-order valence-corrected chi connectivity index (χ3v) is 8.55. The van der Waals surface area contributed by atoms with Crippen molar-refractivity contribution in [1.82, 2.24) is 5.32 Å². The molecule has 0 saturated carbocycles. The first-order chi connectivity index (χ1) is 11.7. The van der Waals surface area contributed by atoms with Gasteiger partial charge in [-0.3, -0.25) is 4.79 Å². The zero-order valence-electron chi connectivity index (χ0n) is 18.0. The molecule has 0 fully saturated rings. The second-order valence-electron chi connectivity index (χ2n) is 9.10. The van der Waals surface area contributed by atoms with Crippen LogP contribution < -0.4 is 5.32 Å². The van der Waals surface area contributed by atoms with Crippen LogP contribution in [0.1, 0.15) is 67.7 Å². The molecule has 1 atom stereocenters. The lowest BCUT2D eigenvalue weighted by Crippen LogP contribution is -2.40. The molecule has 1 unspecified atom stereocenters. The van der Waals surface area contributed by atoms with E-state index in [9.17, 15) is 4.79 Å². The Morgan fingerprint density at radius 1 is 1.15 bits per heavy atom. The number of hydrogen-bond acceptors (Lipinski definition) is 4. The van der Waals surface area contributed by atoms with Gasteiger partial charge in [0.25, 0.3) is 0 Å². The normalized spacial score (nSPS) is 14.2. The number of thioether (sulfide) groups is 2. The Kier molecular flexibility index (Phi) is 11.7. The second kappa shape index (κ2) is 11.5. The summed E-state index contributed by atoms with van der Waals surface area (Å²) in [6.45, 7) is 16.2. The highest BCUT2D eigenvalue weighted by atomic mass is 32.2. The molecule has 2 nitrogen and oxygen atoms in total. The number of nitrogens with one attached hydrogen (secondary N) is 1. The third kappa shape index (κ3) is 12.0. The smallest absolute Gasteiger partial charge is 0.236 e. The zero-order valence-corrected chi connectivity index (χ0v) is 21.3. The molecule has 0 aromatic heterocycles. The van der Waals surface area contributed by atoms with Gasteiger partial charge in [-0.25, -0.2) is 0 Å². The maximum Gasteiger partial charge on any atom is 0.236 e. The fourth-order valence-electron chi connectivity index (χ4n) is 2.74. The molecule has 0 aliphatic rings. The van der Waals surface area contributed by atoms with E-state index in [0.717, 1.165) is 21.5 Å². The Hall–Kier alpha value is 0.480. The molecule has 1 amide bonds. The van der Waals surface area contributed by atoms with E-state index in [0.29, 0.717) is 12.0 Å². The first-order valence-corrected chi connectivity index (χ1v) is 13.5. The van der Waals surface area contributed by atoms with E-state index in [1.54, 1.807) is 11.8 Å². The monoisotopic (exact) mass is 437 g/mol. The van der Waals surface area contributed by atoms with Crippen LogP contribution in [0.2, 0.25) is 0 Å². The molecule has 1 N–H and O–H groups in total. The minimum Gasteiger partial charge on any atom is -0.355 e. The third-order valence-electron chi connectivity index (χ3n) is 4.34. The number of carbonyl (C=O) groups is 1. The number of rotatable bonds is 11. The molecule has 0 rings (SSSR count). The van der Waals surface area contributed by atoms with Gasteiger partial charge in [-0.15, -0.1) is 11.8 Å². The Morgan fingerprint density at radius 3 is 2.23 bits per heavy atom. The Balaban J connectivity index is 4.42. The summed E-state index contributed by atoms with van der Waals surface area (Å²) >= 11 is 8.80. The van der Waals surface area contributed by atoms with Crippen LogP contribution in [0.3, 0.4) is 0 Å². The molecular weight excluding hydrogens is 398 g/mol. The largest absolute Gasteiger partial charge is 0.355 e. The van der Waals surface area contributed by atoms with Gasteiger partial charge in [-0.05, 0) is 49.5 Å². The first-order valence-electron chi connectivity index (χ1n) is 9.27. The Labute approximate surface area is 178 Å². The highest BCUT2D eigenvalue weighted by molar-refractivity contribution is 8.47. The zero-order chi connectivity index (χ0) is 20.6. The lowest BCUT2D eigenvalue weighted by Gasteiger charge is -2.34. The topological polar surface area (TPSA) is 29.1 Å². The van der Waals surface area contributed by atoms with Gasteiger partial charge in [0.1, 0.15) is 3.53 Å². The van der Waals surface area contributed by atoms with E-state index in [1.807, 2.05) is 13.8 Å². The van der Waals surface area contributed by atoms with Gasteiger partial charge < -0.3 is 5.32 Å². The lowest BCUT2D eigenvalue weighted by molar-refractivity contribution is -0.122. The SMILES string of the molecule is C=S(C)CCCNC(=O)C(C)(C)SC(=S)SCC(C)(C)CC(C)(C)CC. The van der Waals surface area contributed by atoms with Gasteiger partial charge in [0.05, 0.1) is 4.75 Å². The summed E-state index contributed by atoms with van der Waals surface area (Å²) in [5.41, 5.74) is 0.580. The van der Waals surface area contributed by atoms with Crippen LogP contribution in [-0.2, 0) is 4.79 Å². The van der Waals surface area contributed by atoms with Gasteiger partial charge in [-0.1, -0.05) is 70.9 Å². The highest BCUT2D eigenvalue weighted by Gasteiger charge is 2.32. The van der Waals surface area contributed by atoms with Crippen LogP contribution in [0, 0.1) is 10.8 Å². The molecule has 0 aliphatic carbocycles. The molecule has 26 heavy (non-hydrogen) atoms. The summed E-state index contributed by atoms with van der Waals surface area (Å²) in [6.07, 6.45) is 5.46. The van der Waals surface area contributed by atoms with Crippen LogP contribution in [0.5, 0.6) is 0 Å². The van der Waals surface area contributed by atoms with Crippen molar-refractivity contribution < 1.29 is 4.79 Å². The van der Waals surface area contributed by atoms with Crippen LogP contribution in [0.25, 0.3) is 0 Å². The summed E-state index contributed by atoms with van der Waals surface area (Å²) in [4.78, 5) is 12.5. The molecule has 0 saturated heterocycles. The fourth-order valence-corrected chi connectivity index (χ4v) is 6.41. The molecule has 0 aromatic carbocycles.